The molecule has 1 aromatic carbocycles. The summed E-state index contributed by atoms with van der Waals surface area (Å²) in [6.07, 6.45) is 1.57. The van der Waals surface area contributed by atoms with Gasteiger partial charge < -0.3 is 18.9 Å². The van der Waals surface area contributed by atoms with E-state index in [0.717, 1.165) is 0 Å². The molecule has 0 radical (unpaired) electrons. The number of ketones is 1. The summed E-state index contributed by atoms with van der Waals surface area (Å²) >= 11 is 0. The van der Waals surface area contributed by atoms with E-state index in [9.17, 15) is 14.4 Å². The Balaban J connectivity index is 2.27. The van der Waals surface area contributed by atoms with E-state index in [2.05, 4.69) is 6.58 Å². The second-order valence-corrected chi connectivity index (χ2v) is 7.19. The van der Waals surface area contributed by atoms with Crippen LogP contribution in [0.4, 0.5) is 0 Å². The smallest absolute Gasteiger partial charge is 0.355 e. The van der Waals surface area contributed by atoms with Crippen LogP contribution < -0.4 is 4.74 Å². The normalized spacial score (nSPS) is 11.5. The standard InChI is InChI=1S/C24H30N2O5/c1-7-14-26(20(27)15-31-19-12-10-9-11-13-19)18(5)23(28)21-16(3)22(24(29)30-8-2)25(6)17(21)4/h7,9-13,18H,1,8,14-15H2,2-6H3/t18-/m0/s1. The van der Waals surface area contributed by atoms with Crippen LogP contribution in [0, 0.1) is 13.8 Å². The van der Waals surface area contributed by atoms with Crippen molar-refractivity contribution in [3.05, 3.63) is 65.5 Å². The number of para-hydroxylation sites is 1. The van der Waals surface area contributed by atoms with Gasteiger partial charge in [0.2, 0.25) is 0 Å². The minimum atomic E-state index is -0.764. The average molecular weight is 427 g/mol. The topological polar surface area (TPSA) is 77.8 Å². The number of carbonyl (C=O) groups excluding carboxylic acids is 3. The first-order valence-electron chi connectivity index (χ1n) is 10.2. The van der Waals surface area contributed by atoms with Crippen molar-refractivity contribution < 1.29 is 23.9 Å². The van der Waals surface area contributed by atoms with Crippen molar-refractivity contribution in [1.82, 2.24) is 9.47 Å². The Morgan fingerprint density at radius 2 is 1.84 bits per heavy atom. The molecule has 0 unspecified atom stereocenters. The summed E-state index contributed by atoms with van der Waals surface area (Å²) in [5.41, 5.74) is 1.94. The Labute approximate surface area is 183 Å². The SMILES string of the molecule is C=CCN(C(=O)COc1ccccc1)[C@@H](C)C(=O)c1c(C)c(C(=O)OCC)n(C)c1C. The van der Waals surface area contributed by atoms with Gasteiger partial charge in [0, 0.05) is 24.8 Å². The van der Waals surface area contributed by atoms with Crippen LogP contribution in [-0.4, -0.2) is 52.9 Å². The fraction of sp³-hybridized carbons (Fsp3) is 0.375. The van der Waals surface area contributed by atoms with Crippen LogP contribution in [0.25, 0.3) is 0 Å². The molecule has 1 heterocycles. The van der Waals surface area contributed by atoms with E-state index in [1.165, 1.54) is 4.90 Å². The second-order valence-electron chi connectivity index (χ2n) is 7.19. The molecular formula is C24H30N2O5. The van der Waals surface area contributed by atoms with Gasteiger partial charge in [-0.15, -0.1) is 6.58 Å². The zero-order valence-electron chi connectivity index (χ0n) is 18.8. The van der Waals surface area contributed by atoms with Gasteiger partial charge in [0.15, 0.2) is 12.4 Å². The number of benzene rings is 1. The molecule has 166 valence electrons. The van der Waals surface area contributed by atoms with Gasteiger partial charge in [0.1, 0.15) is 11.4 Å². The second kappa shape index (κ2) is 10.6. The number of Topliss-reactive ketones (excluding diaryl/α,β-unsaturated/α-hetero) is 1. The molecule has 0 saturated heterocycles. The van der Waals surface area contributed by atoms with Crippen LogP contribution >= 0.6 is 0 Å². The first kappa shape index (κ1) is 23.9. The number of esters is 1. The van der Waals surface area contributed by atoms with Crippen molar-refractivity contribution in [3.63, 3.8) is 0 Å². The molecule has 0 aliphatic rings. The molecule has 1 atom stereocenters. The third kappa shape index (κ3) is 5.23. The molecule has 7 heteroatoms. The average Bonchev–Trinajstić information content (AvgIpc) is 2.98. The van der Waals surface area contributed by atoms with Crippen molar-refractivity contribution in [2.45, 2.75) is 33.7 Å². The largest absolute Gasteiger partial charge is 0.484 e. The quantitative estimate of drug-likeness (QED) is 0.330. The van der Waals surface area contributed by atoms with Gasteiger partial charge >= 0.3 is 5.97 Å². The number of carbonyl (C=O) groups is 3. The maximum absolute atomic E-state index is 13.4. The first-order valence-corrected chi connectivity index (χ1v) is 10.2. The number of hydrogen-bond acceptors (Lipinski definition) is 5. The van der Waals surface area contributed by atoms with Crippen LogP contribution in [0.5, 0.6) is 5.75 Å². The van der Waals surface area contributed by atoms with Crippen LogP contribution in [0.15, 0.2) is 43.0 Å². The lowest BCUT2D eigenvalue weighted by Crippen LogP contribution is -2.45. The number of ether oxygens (including phenoxy) is 2. The predicted octanol–water partition coefficient (Wildman–Crippen LogP) is 3.48. The van der Waals surface area contributed by atoms with Gasteiger partial charge in [-0.1, -0.05) is 24.3 Å². The maximum Gasteiger partial charge on any atom is 0.355 e. The van der Waals surface area contributed by atoms with E-state index in [1.807, 2.05) is 18.2 Å². The fourth-order valence-corrected chi connectivity index (χ4v) is 3.54. The summed E-state index contributed by atoms with van der Waals surface area (Å²) < 4.78 is 12.3. The lowest BCUT2D eigenvalue weighted by atomic mass is 9.99. The summed E-state index contributed by atoms with van der Waals surface area (Å²) in [5.74, 6) is -0.493. The Morgan fingerprint density at radius 1 is 1.19 bits per heavy atom. The minimum Gasteiger partial charge on any atom is -0.484 e. The van der Waals surface area contributed by atoms with Crippen LogP contribution in [0.3, 0.4) is 0 Å². The monoisotopic (exact) mass is 426 g/mol. The van der Waals surface area contributed by atoms with Gasteiger partial charge in [-0.2, -0.15) is 0 Å². The number of aromatic nitrogens is 1. The third-order valence-electron chi connectivity index (χ3n) is 5.24. The highest BCUT2D eigenvalue weighted by Crippen LogP contribution is 2.25. The third-order valence-corrected chi connectivity index (χ3v) is 5.24. The van der Waals surface area contributed by atoms with Crippen molar-refractivity contribution in [1.29, 1.82) is 0 Å². The zero-order chi connectivity index (χ0) is 23.1. The molecule has 2 rings (SSSR count). The summed E-state index contributed by atoms with van der Waals surface area (Å²) in [6, 6.07) is 8.24. The molecule has 0 saturated carbocycles. The van der Waals surface area contributed by atoms with Crippen molar-refractivity contribution in [2.75, 3.05) is 19.8 Å². The minimum absolute atomic E-state index is 0.194. The van der Waals surface area contributed by atoms with Gasteiger partial charge in [-0.25, -0.2) is 4.79 Å². The summed E-state index contributed by atoms with van der Waals surface area (Å²) in [4.78, 5) is 40.0. The molecule has 1 amide bonds. The fourth-order valence-electron chi connectivity index (χ4n) is 3.54. The summed E-state index contributed by atoms with van der Waals surface area (Å²) in [6.45, 7) is 10.8. The highest BCUT2D eigenvalue weighted by Gasteiger charge is 2.32. The Kier molecular flexibility index (Phi) is 8.19. The van der Waals surface area contributed by atoms with Gasteiger partial charge in [0.25, 0.3) is 5.91 Å². The van der Waals surface area contributed by atoms with Gasteiger partial charge in [-0.05, 0) is 45.4 Å². The lowest BCUT2D eigenvalue weighted by Gasteiger charge is -2.27. The van der Waals surface area contributed by atoms with Crippen molar-refractivity contribution >= 4 is 17.7 Å². The highest BCUT2D eigenvalue weighted by atomic mass is 16.5. The molecule has 0 aliphatic carbocycles. The van der Waals surface area contributed by atoms with Gasteiger partial charge in [-0.3, -0.25) is 9.59 Å². The van der Waals surface area contributed by atoms with E-state index >= 15 is 0 Å². The first-order chi connectivity index (χ1) is 14.7. The van der Waals surface area contributed by atoms with Crippen LogP contribution in [0.1, 0.15) is 46.0 Å². The molecule has 7 nitrogen and oxygen atoms in total. The molecule has 0 aliphatic heterocycles. The maximum atomic E-state index is 13.4. The van der Waals surface area contributed by atoms with Crippen molar-refractivity contribution in [3.8, 4) is 5.75 Å². The Morgan fingerprint density at radius 3 is 2.42 bits per heavy atom. The molecular weight excluding hydrogens is 396 g/mol. The zero-order valence-corrected chi connectivity index (χ0v) is 18.8. The molecule has 1 aromatic heterocycles. The number of amides is 1. The van der Waals surface area contributed by atoms with E-state index in [4.69, 9.17) is 9.47 Å². The lowest BCUT2D eigenvalue weighted by molar-refractivity contribution is -0.134. The Hall–Kier alpha value is -3.35. The predicted molar refractivity (Wildman–Crippen MR) is 118 cm³/mol. The number of hydrogen-bond donors (Lipinski definition) is 0. The van der Waals surface area contributed by atoms with Crippen LogP contribution in [-0.2, 0) is 16.6 Å². The van der Waals surface area contributed by atoms with Gasteiger partial charge in [0.05, 0.1) is 12.6 Å². The van der Waals surface area contributed by atoms with E-state index in [-0.39, 0.29) is 31.4 Å². The summed E-state index contributed by atoms with van der Waals surface area (Å²) in [7, 11) is 1.72. The molecule has 31 heavy (non-hydrogen) atoms. The number of nitrogens with zero attached hydrogens (tertiary/aromatic N) is 2. The molecule has 2 aromatic rings. The molecule has 0 N–H and O–H groups in total. The Bertz CT molecular complexity index is 962. The van der Waals surface area contributed by atoms with Crippen molar-refractivity contribution in [2.24, 2.45) is 7.05 Å². The molecule has 0 fully saturated rings. The summed E-state index contributed by atoms with van der Waals surface area (Å²) in [5, 5.41) is 0. The van der Waals surface area contributed by atoms with E-state index in [0.29, 0.717) is 28.3 Å². The number of rotatable bonds is 10. The molecule has 0 bridgehead atoms. The van der Waals surface area contributed by atoms with E-state index < -0.39 is 12.0 Å². The van der Waals surface area contributed by atoms with E-state index in [1.54, 1.807) is 57.5 Å². The highest BCUT2D eigenvalue weighted by molar-refractivity contribution is 6.06. The molecule has 0 spiro atoms. The van der Waals surface area contributed by atoms with Crippen LogP contribution in [0.2, 0.25) is 0 Å².